The molecule has 0 radical (unpaired) electrons. The average molecular weight is 223 g/mol. The SMILES string of the molecule is C/C(=N/Nc1ccc(C(=O)O)cc1)[N+](=O)[O-]. The Morgan fingerprint density at radius 1 is 1.44 bits per heavy atom. The highest BCUT2D eigenvalue weighted by Crippen LogP contribution is 2.09. The summed E-state index contributed by atoms with van der Waals surface area (Å²) < 4.78 is 0. The fourth-order valence-corrected chi connectivity index (χ4v) is 0.874. The molecule has 0 atom stereocenters. The van der Waals surface area contributed by atoms with Gasteiger partial charge in [0.05, 0.1) is 16.4 Å². The predicted molar refractivity (Wildman–Crippen MR) is 57.1 cm³/mol. The molecular weight excluding hydrogens is 214 g/mol. The average Bonchev–Trinajstić information content (AvgIpc) is 2.26. The van der Waals surface area contributed by atoms with Gasteiger partial charge in [0, 0.05) is 6.92 Å². The molecule has 0 heterocycles. The fourth-order valence-electron chi connectivity index (χ4n) is 0.874. The van der Waals surface area contributed by atoms with Crippen molar-refractivity contribution in [2.75, 3.05) is 5.43 Å². The van der Waals surface area contributed by atoms with E-state index in [9.17, 15) is 14.9 Å². The number of carboxylic acid groups (broad SMARTS) is 1. The van der Waals surface area contributed by atoms with Crippen LogP contribution in [0.3, 0.4) is 0 Å². The van der Waals surface area contributed by atoms with Gasteiger partial charge in [-0.1, -0.05) is 0 Å². The topological polar surface area (TPSA) is 105 Å². The Morgan fingerprint density at radius 2 is 2.00 bits per heavy atom. The van der Waals surface area contributed by atoms with Gasteiger partial charge in [-0.05, 0) is 29.2 Å². The number of anilines is 1. The van der Waals surface area contributed by atoms with Crippen molar-refractivity contribution in [1.82, 2.24) is 0 Å². The molecule has 84 valence electrons. The summed E-state index contributed by atoms with van der Waals surface area (Å²) in [7, 11) is 0. The Hall–Kier alpha value is -2.44. The lowest BCUT2D eigenvalue weighted by atomic mass is 10.2. The van der Waals surface area contributed by atoms with Crippen molar-refractivity contribution in [1.29, 1.82) is 0 Å². The fraction of sp³-hybridized carbons (Fsp3) is 0.111. The predicted octanol–water partition coefficient (Wildman–Crippen LogP) is 1.41. The molecule has 0 spiro atoms. The molecule has 16 heavy (non-hydrogen) atoms. The van der Waals surface area contributed by atoms with Gasteiger partial charge in [0.25, 0.3) is 0 Å². The van der Waals surface area contributed by atoms with Gasteiger partial charge in [0.2, 0.25) is 0 Å². The van der Waals surface area contributed by atoms with Crippen LogP contribution in [0.2, 0.25) is 0 Å². The van der Waals surface area contributed by atoms with Crippen LogP contribution in [0, 0.1) is 10.1 Å². The first-order chi connectivity index (χ1) is 7.50. The minimum Gasteiger partial charge on any atom is -0.478 e. The van der Waals surface area contributed by atoms with E-state index in [1.54, 1.807) is 0 Å². The van der Waals surface area contributed by atoms with Crippen LogP contribution in [0.25, 0.3) is 0 Å². The molecule has 1 aromatic carbocycles. The molecule has 0 aliphatic carbocycles. The Bertz CT molecular complexity index is 439. The number of hydrazone groups is 1. The van der Waals surface area contributed by atoms with Crippen LogP contribution in [0.4, 0.5) is 5.69 Å². The van der Waals surface area contributed by atoms with Crippen LogP contribution < -0.4 is 5.43 Å². The largest absolute Gasteiger partial charge is 0.478 e. The molecule has 7 nitrogen and oxygen atoms in total. The Labute approximate surface area is 90.6 Å². The zero-order valence-corrected chi connectivity index (χ0v) is 8.38. The summed E-state index contributed by atoms with van der Waals surface area (Å²) in [6.07, 6.45) is 0. The molecule has 0 fully saturated rings. The number of nitrogens with zero attached hydrogens (tertiary/aromatic N) is 2. The molecule has 0 aromatic heterocycles. The van der Waals surface area contributed by atoms with E-state index in [1.165, 1.54) is 31.2 Å². The van der Waals surface area contributed by atoms with Crippen molar-refractivity contribution in [3.63, 3.8) is 0 Å². The first kappa shape index (κ1) is 11.6. The smallest absolute Gasteiger partial charge is 0.360 e. The molecule has 0 saturated heterocycles. The third-order valence-corrected chi connectivity index (χ3v) is 1.74. The highest BCUT2D eigenvalue weighted by molar-refractivity contribution is 5.88. The monoisotopic (exact) mass is 223 g/mol. The van der Waals surface area contributed by atoms with E-state index in [2.05, 4.69) is 10.5 Å². The van der Waals surface area contributed by atoms with Crippen LogP contribution in [0.1, 0.15) is 17.3 Å². The van der Waals surface area contributed by atoms with Crippen molar-refractivity contribution in [3.05, 3.63) is 39.9 Å². The number of aromatic carboxylic acids is 1. The second-order valence-corrected chi connectivity index (χ2v) is 2.91. The zero-order chi connectivity index (χ0) is 12.1. The Kier molecular flexibility index (Phi) is 3.54. The van der Waals surface area contributed by atoms with E-state index in [0.29, 0.717) is 5.69 Å². The molecular formula is C9H9N3O4. The number of amidine groups is 1. The van der Waals surface area contributed by atoms with Crippen LogP contribution in [0.15, 0.2) is 29.4 Å². The standard InChI is InChI=1S/C9H9N3O4/c1-6(12(15)16)10-11-8-4-2-7(3-5-8)9(13)14/h2-5,11H,1H3,(H,13,14)/b10-6-. The molecule has 0 amide bonds. The van der Waals surface area contributed by atoms with Crippen molar-refractivity contribution in [3.8, 4) is 0 Å². The van der Waals surface area contributed by atoms with Gasteiger partial charge in [-0.3, -0.25) is 0 Å². The molecule has 7 heteroatoms. The van der Waals surface area contributed by atoms with E-state index in [1.807, 2.05) is 0 Å². The summed E-state index contributed by atoms with van der Waals surface area (Å²) in [4.78, 5) is 20.1. The third-order valence-electron chi connectivity index (χ3n) is 1.74. The number of rotatable bonds is 3. The molecule has 0 unspecified atom stereocenters. The van der Waals surface area contributed by atoms with Crippen molar-refractivity contribution >= 4 is 17.5 Å². The maximum absolute atomic E-state index is 10.5. The summed E-state index contributed by atoms with van der Waals surface area (Å²) >= 11 is 0. The summed E-state index contributed by atoms with van der Waals surface area (Å²) in [5.41, 5.74) is 3.06. The second kappa shape index (κ2) is 4.87. The maximum atomic E-state index is 10.5. The number of benzene rings is 1. The minimum atomic E-state index is -1.03. The Balaban J connectivity index is 2.73. The number of hydrogen-bond donors (Lipinski definition) is 2. The van der Waals surface area contributed by atoms with E-state index < -0.39 is 10.9 Å². The van der Waals surface area contributed by atoms with Gasteiger partial charge in [-0.2, -0.15) is 5.43 Å². The molecule has 1 rings (SSSR count). The van der Waals surface area contributed by atoms with Crippen LogP contribution >= 0.6 is 0 Å². The number of nitro groups is 1. The van der Waals surface area contributed by atoms with Gasteiger partial charge < -0.3 is 15.2 Å². The molecule has 0 aliphatic rings. The van der Waals surface area contributed by atoms with Crippen molar-refractivity contribution < 1.29 is 14.8 Å². The molecule has 0 bridgehead atoms. The highest BCUT2D eigenvalue weighted by atomic mass is 16.6. The van der Waals surface area contributed by atoms with E-state index in [-0.39, 0.29) is 11.4 Å². The first-order valence-electron chi connectivity index (χ1n) is 4.29. The van der Waals surface area contributed by atoms with Crippen LogP contribution in [-0.2, 0) is 0 Å². The quantitative estimate of drug-likeness (QED) is 0.349. The Morgan fingerprint density at radius 3 is 2.44 bits per heavy atom. The summed E-state index contributed by atoms with van der Waals surface area (Å²) in [6, 6.07) is 5.70. The first-order valence-corrected chi connectivity index (χ1v) is 4.29. The molecule has 0 aliphatic heterocycles. The van der Waals surface area contributed by atoms with Gasteiger partial charge in [0.1, 0.15) is 0 Å². The highest BCUT2D eigenvalue weighted by Gasteiger charge is 2.04. The van der Waals surface area contributed by atoms with Gasteiger partial charge in [-0.15, -0.1) is 0 Å². The number of hydrogen-bond acceptors (Lipinski definition) is 5. The van der Waals surface area contributed by atoms with E-state index >= 15 is 0 Å². The number of nitrogens with one attached hydrogen (secondary N) is 1. The second-order valence-electron chi connectivity index (χ2n) is 2.91. The molecule has 0 saturated carbocycles. The van der Waals surface area contributed by atoms with Gasteiger partial charge in [-0.25, -0.2) is 4.79 Å². The lowest BCUT2D eigenvalue weighted by Crippen LogP contribution is -2.08. The van der Waals surface area contributed by atoms with Gasteiger partial charge in [0.15, 0.2) is 0 Å². The lowest BCUT2D eigenvalue weighted by molar-refractivity contribution is -0.351. The third kappa shape index (κ3) is 3.05. The van der Waals surface area contributed by atoms with Crippen molar-refractivity contribution in [2.24, 2.45) is 5.10 Å². The summed E-state index contributed by atoms with van der Waals surface area (Å²) in [5, 5.41) is 22.3. The summed E-state index contributed by atoms with van der Waals surface area (Å²) in [5.74, 6) is -1.31. The number of carboxylic acids is 1. The van der Waals surface area contributed by atoms with Crippen LogP contribution in [-0.4, -0.2) is 21.8 Å². The lowest BCUT2D eigenvalue weighted by Gasteiger charge is -1.97. The normalized spacial score (nSPS) is 10.9. The minimum absolute atomic E-state index is 0.139. The van der Waals surface area contributed by atoms with Crippen LogP contribution in [0.5, 0.6) is 0 Å². The van der Waals surface area contributed by atoms with Gasteiger partial charge >= 0.3 is 11.8 Å². The van der Waals surface area contributed by atoms with Crippen molar-refractivity contribution in [2.45, 2.75) is 6.92 Å². The summed E-state index contributed by atoms with van der Waals surface area (Å²) in [6.45, 7) is 1.25. The zero-order valence-electron chi connectivity index (χ0n) is 8.38. The molecule has 2 N–H and O–H groups in total. The van der Waals surface area contributed by atoms with E-state index in [0.717, 1.165) is 0 Å². The number of carbonyl (C=O) groups is 1. The molecule has 1 aromatic rings. The maximum Gasteiger partial charge on any atom is 0.360 e. The van der Waals surface area contributed by atoms with E-state index in [4.69, 9.17) is 5.11 Å².